The van der Waals surface area contributed by atoms with E-state index < -0.39 is 10.0 Å². The minimum absolute atomic E-state index is 0.274. The Bertz CT molecular complexity index is 797. The lowest BCUT2D eigenvalue weighted by atomic mass is 10.4. The van der Waals surface area contributed by atoms with Gasteiger partial charge in [0.1, 0.15) is 15.6 Å². The van der Waals surface area contributed by atoms with Crippen LogP contribution in [0.25, 0.3) is 0 Å². The summed E-state index contributed by atoms with van der Waals surface area (Å²) in [4.78, 5) is 10.1. The number of aromatic nitrogens is 2. The zero-order valence-electron chi connectivity index (χ0n) is 12.0. The number of halogens is 2. The predicted molar refractivity (Wildman–Crippen MR) is 92.0 cm³/mol. The molecule has 0 atom stereocenters. The van der Waals surface area contributed by atoms with E-state index in [1.807, 2.05) is 4.90 Å². The van der Waals surface area contributed by atoms with Crippen LogP contribution in [-0.2, 0) is 10.0 Å². The van der Waals surface area contributed by atoms with E-state index in [2.05, 4.69) is 9.97 Å². The van der Waals surface area contributed by atoms with E-state index in [1.165, 1.54) is 16.8 Å². The lowest BCUT2D eigenvalue weighted by Crippen LogP contribution is -2.35. The standard InChI is InChI=1S/C13H14Cl2N4O2S2/c14-10-8-16-9-17-13(10)18-4-1-5-19(7-6-18)23(20,21)12-3-2-11(15)22-12/h2-3,8-9H,1,4-7H2. The summed E-state index contributed by atoms with van der Waals surface area (Å²) in [6.45, 7) is 2.04. The quantitative estimate of drug-likeness (QED) is 0.802. The molecule has 23 heavy (non-hydrogen) atoms. The second-order valence-corrected chi connectivity index (χ2v) is 9.28. The van der Waals surface area contributed by atoms with Crippen LogP contribution in [-0.4, -0.2) is 48.9 Å². The van der Waals surface area contributed by atoms with Gasteiger partial charge in [-0.1, -0.05) is 23.2 Å². The van der Waals surface area contributed by atoms with E-state index in [-0.39, 0.29) is 4.21 Å². The van der Waals surface area contributed by atoms with Gasteiger partial charge in [0.2, 0.25) is 0 Å². The molecule has 2 aromatic rings. The molecule has 1 aliphatic heterocycles. The molecule has 1 saturated heterocycles. The third-order valence-electron chi connectivity index (χ3n) is 3.55. The second kappa shape index (κ2) is 6.90. The van der Waals surface area contributed by atoms with Gasteiger partial charge in [-0.05, 0) is 18.6 Å². The van der Waals surface area contributed by atoms with Gasteiger partial charge in [0.25, 0.3) is 10.0 Å². The molecule has 0 saturated carbocycles. The average molecular weight is 393 g/mol. The fourth-order valence-electron chi connectivity index (χ4n) is 2.45. The molecule has 0 spiro atoms. The molecule has 1 aliphatic rings. The van der Waals surface area contributed by atoms with Crippen molar-refractivity contribution in [3.8, 4) is 0 Å². The molecule has 6 nitrogen and oxygen atoms in total. The maximum Gasteiger partial charge on any atom is 0.252 e. The van der Waals surface area contributed by atoms with Crippen molar-refractivity contribution >= 4 is 50.4 Å². The van der Waals surface area contributed by atoms with Crippen molar-refractivity contribution in [1.82, 2.24) is 14.3 Å². The first-order valence-electron chi connectivity index (χ1n) is 6.94. The predicted octanol–water partition coefficient (Wildman–Crippen LogP) is 2.75. The van der Waals surface area contributed by atoms with Crippen LogP contribution in [0.2, 0.25) is 9.36 Å². The van der Waals surface area contributed by atoms with Gasteiger partial charge in [-0.3, -0.25) is 0 Å². The summed E-state index contributed by atoms with van der Waals surface area (Å²) in [6.07, 6.45) is 3.67. The highest BCUT2D eigenvalue weighted by Crippen LogP contribution is 2.29. The molecular formula is C13H14Cl2N4O2S2. The zero-order chi connectivity index (χ0) is 16.4. The third-order valence-corrected chi connectivity index (χ3v) is 7.41. The van der Waals surface area contributed by atoms with Crippen LogP contribution < -0.4 is 4.90 Å². The number of sulfonamides is 1. The van der Waals surface area contributed by atoms with E-state index in [0.717, 1.165) is 11.3 Å². The lowest BCUT2D eigenvalue weighted by molar-refractivity contribution is 0.434. The normalized spacial score (nSPS) is 17.2. The van der Waals surface area contributed by atoms with Gasteiger partial charge >= 0.3 is 0 Å². The summed E-state index contributed by atoms with van der Waals surface area (Å²) in [5.41, 5.74) is 0. The molecule has 0 aliphatic carbocycles. The number of hydrogen-bond acceptors (Lipinski definition) is 6. The number of rotatable bonds is 3. The van der Waals surface area contributed by atoms with Gasteiger partial charge in [0, 0.05) is 26.2 Å². The molecule has 0 amide bonds. The van der Waals surface area contributed by atoms with Crippen molar-refractivity contribution in [1.29, 1.82) is 0 Å². The lowest BCUT2D eigenvalue weighted by Gasteiger charge is -2.22. The molecule has 0 N–H and O–H groups in total. The Kier molecular flexibility index (Phi) is 5.07. The van der Waals surface area contributed by atoms with Gasteiger partial charge in [0.15, 0.2) is 5.82 Å². The van der Waals surface area contributed by atoms with E-state index >= 15 is 0 Å². The van der Waals surface area contributed by atoms with Crippen molar-refractivity contribution in [2.24, 2.45) is 0 Å². The second-order valence-electron chi connectivity index (χ2n) is 5.00. The zero-order valence-corrected chi connectivity index (χ0v) is 15.2. The van der Waals surface area contributed by atoms with Gasteiger partial charge in [-0.25, -0.2) is 18.4 Å². The van der Waals surface area contributed by atoms with Crippen LogP contribution in [0.1, 0.15) is 6.42 Å². The summed E-state index contributed by atoms with van der Waals surface area (Å²) in [5.74, 6) is 0.639. The van der Waals surface area contributed by atoms with Crippen LogP contribution in [0.15, 0.2) is 28.9 Å². The molecule has 124 valence electrons. The highest BCUT2D eigenvalue weighted by Gasteiger charge is 2.28. The molecule has 0 radical (unpaired) electrons. The van der Waals surface area contributed by atoms with Crippen LogP contribution >= 0.6 is 34.5 Å². The van der Waals surface area contributed by atoms with E-state index in [4.69, 9.17) is 23.2 Å². The van der Waals surface area contributed by atoms with Gasteiger partial charge in [-0.15, -0.1) is 11.3 Å². The number of thiophene rings is 1. The molecule has 2 aromatic heterocycles. The summed E-state index contributed by atoms with van der Waals surface area (Å²) in [5, 5.41) is 0.467. The minimum atomic E-state index is -3.51. The number of hydrogen-bond donors (Lipinski definition) is 0. The van der Waals surface area contributed by atoms with E-state index in [1.54, 1.807) is 12.1 Å². The van der Waals surface area contributed by atoms with E-state index in [0.29, 0.717) is 47.8 Å². The monoisotopic (exact) mass is 392 g/mol. The molecule has 0 unspecified atom stereocenters. The molecule has 10 heteroatoms. The fourth-order valence-corrected chi connectivity index (χ4v) is 5.78. The maximum atomic E-state index is 12.7. The van der Waals surface area contributed by atoms with Gasteiger partial charge in [-0.2, -0.15) is 4.31 Å². The molecule has 3 heterocycles. The van der Waals surface area contributed by atoms with Gasteiger partial charge in [0.05, 0.1) is 10.5 Å². The van der Waals surface area contributed by atoms with Crippen LogP contribution in [0, 0.1) is 0 Å². The molecule has 0 aromatic carbocycles. The fraction of sp³-hybridized carbons (Fsp3) is 0.385. The smallest absolute Gasteiger partial charge is 0.252 e. The highest BCUT2D eigenvalue weighted by atomic mass is 35.5. The largest absolute Gasteiger partial charge is 0.354 e. The summed E-state index contributed by atoms with van der Waals surface area (Å²) in [6, 6.07) is 3.15. The summed E-state index contributed by atoms with van der Waals surface area (Å²) < 4.78 is 27.6. The number of nitrogens with zero attached hydrogens (tertiary/aromatic N) is 4. The first kappa shape index (κ1) is 16.9. The third kappa shape index (κ3) is 3.61. The summed E-state index contributed by atoms with van der Waals surface area (Å²) >= 11 is 13.1. The van der Waals surface area contributed by atoms with Crippen molar-refractivity contribution in [3.05, 3.63) is 34.0 Å². The van der Waals surface area contributed by atoms with Gasteiger partial charge < -0.3 is 4.90 Å². The molecule has 0 bridgehead atoms. The topological polar surface area (TPSA) is 66.4 Å². The van der Waals surface area contributed by atoms with Crippen LogP contribution in [0.3, 0.4) is 0 Å². The Labute approximate surface area is 148 Å². The Morgan fingerprint density at radius 3 is 2.65 bits per heavy atom. The summed E-state index contributed by atoms with van der Waals surface area (Å²) in [7, 11) is -3.51. The van der Waals surface area contributed by atoms with Crippen LogP contribution in [0.5, 0.6) is 0 Å². The molecular weight excluding hydrogens is 379 g/mol. The first-order valence-corrected chi connectivity index (χ1v) is 9.95. The average Bonchev–Trinajstić information content (AvgIpc) is 2.82. The SMILES string of the molecule is O=S(=O)(c1ccc(Cl)s1)N1CCCN(c2ncncc2Cl)CC1. The Balaban J connectivity index is 1.78. The van der Waals surface area contributed by atoms with Crippen molar-refractivity contribution in [2.45, 2.75) is 10.6 Å². The van der Waals surface area contributed by atoms with Crippen LogP contribution in [0.4, 0.5) is 5.82 Å². The maximum absolute atomic E-state index is 12.7. The number of anilines is 1. The minimum Gasteiger partial charge on any atom is -0.354 e. The van der Waals surface area contributed by atoms with Crippen molar-refractivity contribution in [2.75, 3.05) is 31.1 Å². The van der Waals surface area contributed by atoms with Crippen molar-refractivity contribution < 1.29 is 8.42 Å². The van der Waals surface area contributed by atoms with Crippen molar-refractivity contribution in [3.63, 3.8) is 0 Å². The molecule has 1 fully saturated rings. The van der Waals surface area contributed by atoms with E-state index in [9.17, 15) is 8.42 Å². The Morgan fingerprint density at radius 2 is 1.96 bits per heavy atom. The Hall–Kier alpha value is -0.930. The highest BCUT2D eigenvalue weighted by molar-refractivity contribution is 7.91. The Morgan fingerprint density at radius 1 is 1.13 bits per heavy atom. The first-order chi connectivity index (χ1) is 11.0. The molecule has 3 rings (SSSR count).